The lowest BCUT2D eigenvalue weighted by Gasteiger charge is -2.13. The van der Waals surface area contributed by atoms with Crippen LogP contribution in [0.1, 0.15) is 37.4 Å². The van der Waals surface area contributed by atoms with Crippen molar-refractivity contribution in [3.63, 3.8) is 0 Å². The lowest BCUT2D eigenvalue weighted by atomic mass is 9.96. The number of nitrogens with one attached hydrogen (secondary N) is 1. The van der Waals surface area contributed by atoms with Gasteiger partial charge in [0.15, 0.2) is 5.78 Å². The fourth-order valence-electron chi connectivity index (χ4n) is 3.50. The fraction of sp³-hybridized carbons (Fsp3) is 0.0909. The molecule has 0 unspecified atom stereocenters. The molecule has 0 fully saturated rings. The molecule has 0 atom stereocenters. The molecular weight excluding hydrogens is 370 g/mol. The number of amides is 1. The summed E-state index contributed by atoms with van der Waals surface area (Å²) >= 11 is 1.19. The molecule has 5 N–H and O–H groups in total. The van der Waals surface area contributed by atoms with Gasteiger partial charge in [0.25, 0.3) is 0 Å². The molecular formula is C22H19N3O2S. The average molecular weight is 389 g/mol. The molecule has 0 aliphatic heterocycles. The Hall–Kier alpha value is -3.09. The number of para-hydroxylation sites is 1. The second kappa shape index (κ2) is 7.50. The number of benzene rings is 3. The smallest absolute Gasteiger partial charge is 0.248 e. The standard InChI is InChI=1S/C22H19N3O2S/c23-22(27)15-8-6-13-5-7-14-11-16(9-10-17(14)21(26)18(13)12-15)25-19-3-1-2-4-20(19)28-24/h1-4,6,8-12,25H,5,7,24H2,(H2,23,27). The number of nitrogens with two attached hydrogens (primary N) is 2. The number of carbonyl (C=O) groups is 2. The molecule has 0 bridgehead atoms. The van der Waals surface area contributed by atoms with E-state index in [0.29, 0.717) is 16.7 Å². The predicted molar refractivity (Wildman–Crippen MR) is 112 cm³/mol. The van der Waals surface area contributed by atoms with E-state index in [0.717, 1.165) is 40.2 Å². The van der Waals surface area contributed by atoms with E-state index in [1.807, 2.05) is 48.5 Å². The summed E-state index contributed by atoms with van der Waals surface area (Å²) in [6.45, 7) is 0. The SMILES string of the molecule is NSc1ccccc1Nc1ccc2c(c1)CCc1ccc(C(N)=O)cc1C2=O. The molecule has 6 heteroatoms. The molecule has 140 valence electrons. The summed E-state index contributed by atoms with van der Waals surface area (Å²) < 4.78 is 0. The minimum Gasteiger partial charge on any atom is -0.366 e. The highest BCUT2D eigenvalue weighted by Gasteiger charge is 2.22. The third-order valence-electron chi connectivity index (χ3n) is 4.95. The number of anilines is 2. The summed E-state index contributed by atoms with van der Waals surface area (Å²) in [5, 5.41) is 9.12. The molecule has 1 amide bonds. The normalized spacial score (nSPS) is 12.7. The van der Waals surface area contributed by atoms with Gasteiger partial charge in [0.1, 0.15) is 0 Å². The largest absolute Gasteiger partial charge is 0.366 e. The van der Waals surface area contributed by atoms with Crippen LogP contribution in [0, 0.1) is 0 Å². The maximum Gasteiger partial charge on any atom is 0.248 e. The van der Waals surface area contributed by atoms with Gasteiger partial charge in [-0.05, 0) is 78.4 Å². The molecule has 0 saturated heterocycles. The van der Waals surface area contributed by atoms with Crippen LogP contribution < -0.4 is 16.2 Å². The Kier molecular flexibility index (Phi) is 4.90. The van der Waals surface area contributed by atoms with Gasteiger partial charge >= 0.3 is 0 Å². The second-order valence-corrected chi connectivity index (χ2v) is 7.35. The Balaban J connectivity index is 1.69. The molecule has 28 heavy (non-hydrogen) atoms. The molecule has 1 aliphatic carbocycles. The Morgan fingerprint density at radius 2 is 1.71 bits per heavy atom. The maximum atomic E-state index is 13.1. The van der Waals surface area contributed by atoms with Crippen LogP contribution in [0.25, 0.3) is 0 Å². The van der Waals surface area contributed by atoms with Gasteiger partial charge in [-0.25, -0.2) is 0 Å². The van der Waals surface area contributed by atoms with Gasteiger partial charge in [0, 0.05) is 27.3 Å². The first-order valence-electron chi connectivity index (χ1n) is 8.90. The van der Waals surface area contributed by atoms with Gasteiger partial charge in [0.05, 0.1) is 5.69 Å². The molecule has 4 rings (SSSR count). The summed E-state index contributed by atoms with van der Waals surface area (Å²) in [5.74, 6) is -0.605. The summed E-state index contributed by atoms with van der Waals surface area (Å²) in [4.78, 5) is 25.5. The molecule has 0 spiro atoms. The molecule has 0 saturated carbocycles. The van der Waals surface area contributed by atoms with Crippen molar-refractivity contribution in [2.24, 2.45) is 10.9 Å². The number of aryl methyl sites for hydroxylation is 2. The Labute approximate surface area is 167 Å². The van der Waals surface area contributed by atoms with E-state index >= 15 is 0 Å². The third-order valence-corrected chi connectivity index (χ3v) is 5.56. The maximum absolute atomic E-state index is 13.1. The highest BCUT2D eigenvalue weighted by molar-refractivity contribution is 7.97. The van der Waals surface area contributed by atoms with Gasteiger partial charge in [-0.3, -0.25) is 14.7 Å². The van der Waals surface area contributed by atoms with Gasteiger partial charge in [-0.15, -0.1) is 0 Å². The van der Waals surface area contributed by atoms with E-state index in [4.69, 9.17) is 10.9 Å². The minimum absolute atomic E-state index is 0.0740. The van der Waals surface area contributed by atoms with Crippen molar-refractivity contribution in [2.45, 2.75) is 17.7 Å². The first-order chi connectivity index (χ1) is 13.6. The minimum atomic E-state index is -0.531. The lowest BCUT2D eigenvalue weighted by Crippen LogP contribution is -2.13. The van der Waals surface area contributed by atoms with Crippen molar-refractivity contribution in [2.75, 3.05) is 5.32 Å². The van der Waals surface area contributed by atoms with Crippen molar-refractivity contribution in [1.29, 1.82) is 0 Å². The molecule has 5 nitrogen and oxygen atoms in total. The lowest BCUT2D eigenvalue weighted by molar-refractivity contribution is 0.1000. The van der Waals surface area contributed by atoms with Gasteiger partial charge in [-0.2, -0.15) is 0 Å². The van der Waals surface area contributed by atoms with Crippen LogP contribution in [0.4, 0.5) is 11.4 Å². The van der Waals surface area contributed by atoms with Crippen LogP contribution in [-0.4, -0.2) is 11.7 Å². The summed E-state index contributed by atoms with van der Waals surface area (Å²) in [7, 11) is 0. The third kappa shape index (κ3) is 3.40. The molecule has 1 aliphatic rings. The highest BCUT2D eigenvalue weighted by atomic mass is 32.2. The van der Waals surface area contributed by atoms with E-state index < -0.39 is 5.91 Å². The molecule has 0 aromatic heterocycles. The first-order valence-corrected chi connectivity index (χ1v) is 9.78. The van der Waals surface area contributed by atoms with Crippen LogP contribution in [0.15, 0.2) is 65.6 Å². The Morgan fingerprint density at radius 1 is 0.929 bits per heavy atom. The van der Waals surface area contributed by atoms with Crippen molar-refractivity contribution in [3.05, 3.63) is 88.5 Å². The fourth-order valence-corrected chi connectivity index (χ4v) is 3.90. The van der Waals surface area contributed by atoms with Crippen LogP contribution >= 0.6 is 11.9 Å². The van der Waals surface area contributed by atoms with Crippen LogP contribution in [-0.2, 0) is 12.8 Å². The van der Waals surface area contributed by atoms with Crippen LogP contribution in [0.2, 0.25) is 0 Å². The number of hydrogen-bond acceptors (Lipinski definition) is 5. The quantitative estimate of drug-likeness (QED) is 0.589. The van der Waals surface area contributed by atoms with Crippen LogP contribution in [0.3, 0.4) is 0 Å². The Morgan fingerprint density at radius 3 is 2.50 bits per heavy atom. The monoisotopic (exact) mass is 389 g/mol. The zero-order valence-corrected chi connectivity index (χ0v) is 15.9. The highest BCUT2D eigenvalue weighted by Crippen LogP contribution is 2.30. The van der Waals surface area contributed by atoms with Crippen molar-refractivity contribution < 1.29 is 9.59 Å². The van der Waals surface area contributed by atoms with E-state index in [2.05, 4.69) is 5.32 Å². The van der Waals surface area contributed by atoms with Gasteiger partial charge < -0.3 is 11.1 Å². The number of fused-ring (bicyclic) bond motifs is 2. The summed E-state index contributed by atoms with van der Waals surface area (Å²) in [5.41, 5.74) is 10.7. The van der Waals surface area contributed by atoms with E-state index in [9.17, 15) is 9.59 Å². The molecule has 0 radical (unpaired) electrons. The number of primary amides is 1. The predicted octanol–water partition coefficient (Wildman–Crippen LogP) is 3.82. The zero-order chi connectivity index (χ0) is 19.7. The van der Waals surface area contributed by atoms with Gasteiger partial charge in [0.2, 0.25) is 5.91 Å². The molecule has 0 heterocycles. The van der Waals surface area contributed by atoms with E-state index in [-0.39, 0.29) is 5.78 Å². The average Bonchev–Trinajstić information content (AvgIpc) is 2.85. The molecule has 3 aromatic carbocycles. The molecule has 3 aromatic rings. The first kappa shape index (κ1) is 18.3. The number of rotatable bonds is 4. The van der Waals surface area contributed by atoms with Crippen LogP contribution in [0.5, 0.6) is 0 Å². The van der Waals surface area contributed by atoms with E-state index in [1.165, 1.54) is 11.9 Å². The summed E-state index contributed by atoms with van der Waals surface area (Å²) in [6, 6.07) is 18.6. The second-order valence-electron chi connectivity index (χ2n) is 6.68. The van der Waals surface area contributed by atoms with Crippen molar-refractivity contribution >= 4 is 35.0 Å². The number of ketones is 1. The van der Waals surface area contributed by atoms with Crippen molar-refractivity contribution in [3.8, 4) is 0 Å². The van der Waals surface area contributed by atoms with Crippen molar-refractivity contribution in [1.82, 2.24) is 0 Å². The Bertz CT molecular complexity index is 1090. The topological polar surface area (TPSA) is 98.2 Å². The number of carbonyl (C=O) groups excluding carboxylic acids is 2. The summed E-state index contributed by atoms with van der Waals surface area (Å²) in [6.07, 6.45) is 1.47. The number of hydrogen-bond donors (Lipinski definition) is 3. The van der Waals surface area contributed by atoms with Gasteiger partial charge in [-0.1, -0.05) is 18.2 Å². The van der Waals surface area contributed by atoms with E-state index in [1.54, 1.807) is 12.1 Å². The zero-order valence-electron chi connectivity index (χ0n) is 15.1.